The molecule has 0 spiro atoms. The first-order chi connectivity index (χ1) is 8.52. The molecule has 1 rings (SSSR count). The summed E-state index contributed by atoms with van der Waals surface area (Å²) in [5, 5.41) is 0.532. The van der Waals surface area contributed by atoms with Gasteiger partial charge >= 0.3 is 0 Å². The molecule has 0 aromatic heterocycles. The van der Waals surface area contributed by atoms with Crippen molar-refractivity contribution in [3.63, 3.8) is 0 Å². The summed E-state index contributed by atoms with van der Waals surface area (Å²) >= 11 is 6.04. The highest BCUT2D eigenvalue weighted by Gasteiger charge is 2.02. The van der Waals surface area contributed by atoms with Crippen molar-refractivity contribution in [2.45, 2.75) is 13.5 Å². The Kier molecular flexibility index (Phi) is 7.71. The number of aliphatic imine (C=N–C) groups is 2. The number of nitrogens with two attached hydrogens (primary N) is 3. The zero-order valence-electron chi connectivity index (χ0n) is 10.5. The third-order valence-corrected chi connectivity index (χ3v) is 2.26. The van der Waals surface area contributed by atoms with Crippen molar-refractivity contribution in [3.05, 3.63) is 28.8 Å². The molecule has 0 heterocycles. The van der Waals surface area contributed by atoms with Crippen LogP contribution in [0.3, 0.4) is 0 Å². The van der Waals surface area contributed by atoms with Gasteiger partial charge in [0, 0.05) is 0 Å². The van der Waals surface area contributed by atoms with Crippen LogP contribution in [0.25, 0.3) is 0 Å². The fourth-order valence-corrected chi connectivity index (χ4v) is 1.51. The van der Waals surface area contributed by atoms with E-state index >= 15 is 0 Å². The molecule has 0 amide bonds. The lowest BCUT2D eigenvalue weighted by molar-refractivity contribution is 0.340. The number of nitrogens with zero attached hydrogens (tertiary/aromatic N) is 2. The van der Waals surface area contributed by atoms with Crippen LogP contribution in [0.2, 0.25) is 5.02 Å². The summed E-state index contributed by atoms with van der Waals surface area (Å²) in [5.41, 5.74) is 16.7. The molecule has 1 aromatic carbocycles. The summed E-state index contributed by atoms with van der Waals surface area (Å²) in [7, 11) is 0. The predicted molar refractivity (Wildman–Crippen MR) is 81.0 cm³/mol. The number of halogens is 2. The summed E-state index contributed by atoms with van der Waals surface area (Å²) in [6, 6.07) is 5.40. The maximum absolute atomic E-state index is 6.04. The Morgan fingerprint density at radius 1 is 1.32 bits per heavy atom. The van der Waals surface area contributed by atoms with Crippen LogP contribution in [0.15, 0.2) is 28.2 Å². The fraction of sp³-hybridized carbons (Fsp3) is 0.273. The monoisotopic (exact) mass is 305 g/mol. The topological polar surface area (TPSA) is 112 Å². The van der Waals surface area contributed by atoms with Crippen LogP contribution in [0.4, 0.5) is 0 Å². The van der Waals surface area contributed by atoms with Gasteiger partial charge in [-0.1, -0.05) is 17.7 Å². The molecule has 8 heteroatoms. The van der Waals surface area contributed by atoms with E-state index in [4.69, 9.17) is 33.5 Å². The summed E-state index contributed by atoms with van der Waals surface area (Å²) in [5.74, 6) is 0.546. The van der Waals surface area contributed by atoms with Crippen LogP contribution in [0, 0.1) is 0 Å². The molecule has 0 radical (unpaired) electrons. The minimum absolute atomic E-state index is 0. The number of ether oxygens (including phenoxy) is 1. The largest absolute Gasteiger partial charge is 0.492 e. The van der Waals surface area contributed by atoms with Gasteiger partial charge in [-0.05, 0) is 24.6 Å². The Morgan fingerprint density at radius 3 is 2.53 bits per heavy atom. The smallest absolute Gasteiger partial charge is 0.218 e. The Balaban J connectivity index is 0.00000324. The molecule has 0 aliphatic carbocycles. The lowest BCUT2D eigenvalue weighted by atomic mass is 10.2. The molecule has 0 saturated heterocycles. The quantitative estimate of drug-likeness (QED) is 0.574. The van der Waals surface area contributed by atoms with E-state index in [0.29, 0.717) is 23.9 Å². The molecule has 6 N–H and O–H groups in total. The van der Waals surface area contributed by atoms with Gasteiger partial charge in [-0.3, -0.25) is 0 Å². The SMILES string of the molecule is CCOc1ccc(CN=C(N)N=C(N)N)cc1Cl.Cl. The molecule has 6 nitrogen and oxygen atoms in total. The number of hydrogen-bond donors (Lipinski definition) is 3. The lowest BCUT2D eigenvalue weighted by Crippen LogP contribution is -2.26. The third-order valence-electron chi connectivity index (χ3n) is 1.96. The molecule has 0 fully saturated rings. The summed E-state index contributed by atoms with van der Waals surface area (Å²) in [6.45, 7) is 2.80. The minimum atomic E-state index is -0.124. The van der Waals surface area contributed by atoms with Crippen LogP contribution in [-0.2, 0) is 6.54 Å². The summed E-state index contributed by atoms with van der Waals surface area (Å²) in [4.78, 5) is 7.60. The van der Waals surface area contributed by atoms with Gasteiger partial charge in [-0.25, -0.2) is 4.99 Å². The first-order valence-electron chi connectivity index (χ1n) is 5.33. The second-order valence-corrected chi connectivity index (χ2v) is 3.82. The molecule has 0 unspecified atom stereocenters. The summed E-state index contributed by atoms with van der Waals surface area (Å²) in [6.07, 6.45) is 0. The third kappa shape index (κ3) is 6.17. The van der Waals surface area contributed by atoms with E-state index in [-0.39, 0.29) is 24.3 Å². The van der Waals surface area contributed by atoms with Crippen molar-refractivity contribution in [1.29, 1.82) is 0 Å². The number of hydrogen-bond acceptors (Lipinski definition) is 2. The second kappa shape index (κ2) is 8.44. The van der Waals surface area contributed by atoms with E-state index in [1.54, 1.807) is 12.1 Å². The Morgan fingerprint density at radius 2 is 2.00 bits per heavy atom. The fourth-order valence-electron chi connectivity index (χ4n) is 1.26. The molecule has 0 aliphatic rings. The van der Waals surface area contributed by atoms with Crippen molar-refractivity contribution >= 4 is 35.9 Å². The van der Waals surface area contributed by atoms with Crippen LogP contribution in [-0.4, -0.2) is 18.5 Å². The maximum atomic E-state index is 6.04. The van der Waals surface area contributed by atoms with Gasteiger partial charge in [0.05, 0.1) is 18.2 Å². The van der Waals surface area contributed by atoms with Crippen molar-refractivity contribution in [2.24, 2.45) is 27.2 Å². The second-order valence-electron chi connectivity index (χ2n) is 3.41. The summed E-state index contributed by atoms with van der Waals surface area (Å²) < 4.78 is 5.32. The molecule has 0 atom stereocenters. The highest BCUT2D eigenvalue weighted by molar-refractivity contribution is 6.32. The number of guanidine groups is 2. The average Bonchev–Trinajstić information content (AvgIpc) is 2.29. The molecule has 1 aromatic rings. The van der Waals surface area contributed by atoms with Gasteiger partial charge in [-0.2, -0.15) is 4.99 Å². The van der Waals surface area contributed by atoms with Crippen molar-refractivity contribution in [3.8, 4) is 5.75 Å². The van der Waals surface area contributed by atoms with Gasteiger partial charge in [0.15, 0.2) is 5.96 Å². The Labute approximate surface area is 123 Å². The molecule has 106 valence electrons. The van der Waals surface area contributed by atoms with E-state index in [0.717, 1.165) is 5.56 Å². The van der Waals surface area contributed by atoms with E-state index in [1.807, 2.05) is 13.0 Å². The van der Waals surface area contributed by atoms with E-state index in [9.17, 15) is 0 Å². The molecule has 0 bridgehead atoms. The van der Waals surface area contributed by atoms with Crippen LogP contribution >= 0.6 is 24.0 Å². The van der Waals surface area contributed by atoms with E-state index in [1.165, 1.54) is 0 Å². The minimum Gasteiger partial charge on any atom is -0.492 e. The van der Waals surface area contributed by atoms with Crippen molar-refractivity contribution < 1.29 is 4.74 Å². The predicted octanol–water partition coefficient (Wildman–Crippen LogP) is 1.25. The van der Waals surface area contributed by atoms with E-state index < -0.39 is 0 Å². The molecular weight excluding hydrogens is 289 g/mol. The highest BCUT2D eigenvalue weighted by Crippen LogP contribution is 2.25. The molecule has 0 aliphatic heterocycles. The first-order valence-corrected chi connectivity index (χ1v) is 5.71. The van der Waals surface area contributed by atoms with E-state index in [2.05, 4.69) is 9.98 Å². The number of rotatable bonds is 4. The van der Waals surface area contributed by atoms with Gasteiger partial charge in [0.1, 0.15) is 5.75 Å². The van der Waals surface area contributed by atoms with Gasteiger partial charge < -0.3 is 21.9 Å². The van der Waals surface area contributed by atoms with Crippen LogP contribution < -0.4 is 21.9 Å². The Hall–Kier alpha value is -1.66. The zero-order valence-corrected chi connectivity index (χ0v) is 12.0. The molecule has 0 saturated carbocycles. The standard InChI is InChI=1S/C11H16ClN5O.ClH/c1-2-18-9-4-3-7(5-8(9)12)6-16-11(15)17-10(13)14;/h3-5H,2,6H2,1H3,(H6,13,14,15,16,17);1H. The zero-order chi connectivity index (χ0) is 13.5. The Bertz CT molecular complexity index is 472. The van der Waals surface area contributed by atoms with Crippen LogP contribution in [0.5, 0.6) is 5.75 Å². The lowest BCUT2D eigenvalue weighted by Gasteiger charge is -2.06. The van der Waals surface area contributed by atoms with Crippen molar-refractivity contribution in [2.75, 3.05) is 6.61 Å². The average molecular weight is 306 g/mol. The maximum Gasteiger partial charge on any atom is 0.218 e. The molecular formula is C11H17Cl2N5O. The van der Waals surface area contributed by atoms with Gasteiger partial charge in [0.25, 0.3) is 0 Å². The van der Waals surface area contributed by atoms with Crippen LogP contribution in [0.1, 0.15) is 12.5 Å². The molecule has 19 heavy (non-hydrogen) atoms. The van der Waals surface area contributed by atoms with Gasteiger partial charge in [0.2, 0.25) is 5.96 Å². The first kappa shape index (κ1) is 17.3. The van der Waals surface area contributed by atoms with Crippen molar-refractivity contribution in [1.82, 2.24) is 0 Å². The normalized spacial score (nSPS) is 10.5. The highest BCUT2D eigenvalue weighted by atomic mass is 35.5. The number of benzene rings is 1. The van der Waals surface area contributed by atoms with Gasteiger partial charge in [-0.15, -0.1) is 12.4 Å².